The van der Waals surface area contributed by atoms with E-state index in [-0.39, 0.29) is 44.5 Å². The maximum absolute atomic E-state index is 13.8. The number of ether oxygens (including phenoxy) is 2. The van der Waals surface area contributed by atoms with E-state index >= 15 is 0 Å². The number of β-lactam (4-membered cyclic amide) rings is 1. The molecular formula is C29H24Cl2N2O7S2. The molecule has 1 fully saturated rings. The number of amides is 2. The SMILES string of the molecule is COc1ccc(COC(=O)C2=C(S(=O)(=O)c3ccc(Cl)c(Cl)c3)CSC3C(NC(=O)Cc4ccccc4)C(=O)N23)cc1. The lowest BCUT2D eigenvalue weighted by Crippen LogP contribution is -2.70. The van der Waals surface area contributed by atoms with E-state index in [1.807, 2.05) is 6.07 Å². The van der Waals surface area contributed by atoms with Crippen molar-refractivity contribution >= 4 is 62.6 Å². The summed E-state index contributed by atoms with van der Waals surface area (Å²) < 4.78 is 38.1. The molecule has 0 bridgehead atoms. The molecule has 9 nitrogen and oxygen atoms in total. The monoisotopic (exact) mass is 646 g/mol. The molecule has 0 saturated carbocycles. The molecule has 3 aromatic carbocycles. The second-order valence-corrected chi connectivity index (χ2v) is 13.3. The van der Waals surface area contributed by atoms with Gasteiger partial charge in [0.1, 0.15) is 29.5 Å². The number of nitrogens with one attached hydrogen (secondary N) is 1. The predicted octanol–water partition coefficient (Wildman–Crippen LogP) is 4.37. The van der Waals surface area contributed by atoms with Crippen molar-refractivity contribution in [3.8, 4) is 5.75 Å². The average Bonchev–Trinajstić information content (AvgIpc) is 2.99. The molecule has 2 unspecified atom stereocenters. The van der Waals surface area contributed by atoms with Crippen molar-refractivity contribution in [2.24, 2.45) is 0 Å². The van der Waals surface area contributed by atoms with Crippen molar-refractivity contribution < 1.29 is 32.3 Å². The van der Waals surface area contributed by atoms with Crippen LogP contribution in [-0.2, 0) is 42.0 Å². The van der Waals surface area contributed by atoms with E-state index in [1.165, 1.54) is 25.3 Å². The van der Waals surface area contributed by atoms with Crippen LogP contribution in [-0.4, -0.2) is 55.4 Å². The highest BCUT2D eigenvalue weighted by Crippen LogP contribution is 2.44. The summed E-state index contributed by atoms with van der Waals surface area (Å²) in [6.45, 7) is -0.177. The van der Waals surface area contributed by atoms with E-state index in [2.05, 4.69) is 5.32 Å². The standard InChI is InChI=1S/C29H24Cl2N2O7S2/c1-39-19-9-7-18(8-10-19)15-40-29(36)26-23(42(37,38)20-11-12-21(30)22(31)14-20)16-41-28-25(27(35)33(26)28)32-24(34)13-17-5-3-2-4-6-17/h2-12,14,25,28H,13,15-16H2,1H3,(H,32,34). The Labute approximate surface area is 256 Å². The Morgan fingerprint density at radius 1 is 1.00 bits per heavy atom. The number of benzene rings is 3. The van der Waals surface area contributed by atoms with Crippen LogP contribution in [0.25, 0.3) is 0 Å². The lowest BCUT2D eigenvalue weighted by Gasteiger charge is -2.49. The molecule has 1 saturated heterocycles. The highest BCUT2D eigenvalue weighted by Gasteiger charge is 2.56. The van der Waals surface area contributed by atoms with E-state index in [0.717, 1.165) is 22.2 Å². The van der Waals surface area contributed by atoms with Crippen LogP contribution in [0.15, 0.2) is 88.3 Å². The number of hydrogen-bond acceptors (Lipinski definition) is 8. The summed E-state index contributed by atoms with van der Waals surface area (Å²) in [5, 5.41) is 2.20. The molecule has 0 spiro atoms. The zero-order chi connectivity index (χ0) is 30.0. The summed E-state index contributed by atoms with van der Waals surface area (Å²) in [4.78, 5) is 40.2. The summed E-state index contributed by atoms with van der Waals surface area (Å²) in [7, 11) is -2.77. The smallest absolute Gasteiger partial charge is 0.356 e. The number of thioether (sulfide) groups is 1. The van der Waals surface area contributed by atoms with E-state index < -0.39 is 38.8 Å². The number of esters is 1. The van der Waals surface area contributed by atoms with Gasteiger partial charge in [-0.15, -0.1) is 11.8 Å². The minimum absolute atomic E-state index is 0.0181. The maximum atomic E-state index is 13.8. The van der Waals surface area contributed by atoms with Crippen LogP contribution in [0, 0.1) is 0 Å². The van der Waals surface area contributed by atoms with Gasteiger partial charge in [-0.25, -0.2) is 13.2 Å². The molecule has 0 aromatic heterocycles. The fourth-order valence-electron chi connectivity index (χ4n) is 4.52. The van der Waals surface area contributed by atoms with Crippen molar-refractivity contribution in [2.45, 2.75) is 29.3 Å². The quantitative estimate of drug-likeness (QED) is 0.269. The van der Waals surface area contributed by atoms with Gasteiger partial charge in [-0.3, -0.25) is 14.5 Å². The molecule has 13 heteroatoms. The summed E-state index contributed by atoms with van der Waals surface area (Å²) >= 11 is 13.2. The minimum Gasteiger partial charge on any atom is -0.497 e. The zero-order valence-corrected chi connectivity index (χ0v) is 25.2. The number of carbonyl (C=O) groups excluding carboxylic acids is 3. The molecule has 218 valence electrons. The largest absolute Gasteiger partial charge is 0.497 e. The van der Waals surface area contributed by atoms with Crippen LogP contribution in [0.1, 0.15) is 11.1 Å². The second-order valence-electron chi connectivity index (χ2n) is 9.39. The minimum atomic E-state index is -4.30. The molecule has 42 heavy (non-hydrogen) atoms. The van der Waals surface area contributed by atoms with Crippen LogP contribution >= 0.6 is 35.0 Å². The Kier molecular flexibility index (Phi) is 8.84. The van der Waals surface area contributed by atoms with E-state index in [4.69, 9.17) is 32.7 Å². The summed E-state index contributed by atoms with van der Waals surface area (Å²) in [6, 6.07) is 18.7. The molecule has 0 aliphatic carbocycles. The van der Waals surface area contributed by atoms with Crippen molar-refractivity contribution in [3.63, 3.8) is 0 Å². The summed E-state index contributed by atoms with van der Waals surface area (Å²) in [5.74, 6) is -1.51. The Hall–Kier alpha value is -3.51. The summed E-state index contributed by atoms with van der Waals surface area (Å²) in [6.07, 6.45) is 0.0611. The number of nitrogens with zero attached hydrogens (tertiary/aromatic N) is 1. The van der Waals surface area contributed by atoms with Gasteiger partial charge in [-0.05, 0) is 41.5 Å². The van der Waals surface area contributed by atoms with Gasteiger partial charge in [0, 0.05) is 5.75 Å². The highest BCUT2D eigenvalue weighted by molar-refractivity contribution is 8.02. The van der Waals surface area contributed by atoms with Gasteiger partial charge in [-0.2, -0.15) is 0 Å². The van der Waals surface area contributed by atoms with Gasteiger partial charge in [0.2, 0.25) is 15.7 Å². The predicted molar refractivity (Wildman–Crippen MR) is 159 cm³/mol. The third-order valence-corrected chi connectivity index (χ3v) is 10.8. The number of sulfone groups is 1. The normalized spacial score (nSPS) is 18.2. The molecule has 5 rings (SSSR count). The number of carbonyl (C=O) groups is 3. The van der Waals surface area contributed by atoms with Gasteiger partial charge < -0.3 is 14.8 Å². The fourth-order valence-corrected chi connectivity index (χ4v) is 8.14. The van der Waals surface area contributed by atoms with Gasteiger partial charge in [0.25, 0.3) is 5.91 Å². The van der Waals surface area contributed by atoms with Gasteiger partial charge in [-0.1, -0.05) is 65.7 Å². The van der Waals surface area contributed by atoms with Crippen molar-refractivity contribution in [3.05, 3.63) is 105 Å². The molecule has 1 N–H and O–H groups in total. The number of fused-ring (bicyclic) bond motifs is 1. The Bertz CT molecular complexity index is 1680. The van der Waals surface area contributed by atoms with Gasteiger partial charge in [0.05, 0.1) is 33.4 Å². The van der Waals surface area contributed by atoms with Gasteiger partial charge in [0.15, 0.2) is 0 Å². The van der Waals surface area contributed by atoms with Crippen molar-refractivity contribution in [1.82, 2.24) is 10.2 Å². The van der Waals surface area contributed by atoms with Crippen LogP contribution in [0.4, 0.5) is 0 Å². The topological polar surface area (TPSA) is 119 Å². The van der Waals surface area contributed by atoms with Crippen LogP contribution in [0.2, 0.25) is 10.0 Å². The van der Waals surface area contributed by atoms with E-state index in [9.17, 15) is 22.8 Å². The van der Waals surface area contributed by atoms with Crippen LogP contribution in [0.3, 0.4) is 0 Å². The second kappa shape index (κ2) is 12.4. The maximum Gasteiger partial charge on any atom is 0.356 e. The molecule has 2 aliphatic heterocycles. The molecule has 2 amide bonds. The molecule has 2 heterocycles. The first-order valence-electron chi connectivity index (χ1n) is 12.6. The molecule has 3 aromatic rings. The Morgan fingerprint density at radius 2 is 1.71 bits per heavy atom. The Balaban J connectivity index is 1.43. The zero-order valence-electron chi connectivity index (χ0n) is 22.1. The number of halogens is 2. The molecule has 2 atom stereocenters. The molecule has 0 radical (unpaired) electrons. The van der Waals surface area contributed by atoms with E-state index in [0.29, 0.717) is 11.3 Å². The molecule has 2 aliphatic rings. The van der Waals surface area contributed by atoms with Crippen molar-refractivity contribution in [2.75, 3.05) is 12.9 Å². The fraction of sp³-hybridized carbons (Fsp3) is 0.207. The number of methoxy groups -OCH3 is 1. The third kappa shape index (κ3) is 6.00. The number of rotatable bonds is 9. The van der Waals surface area contributed by atoms with E-state index in [1.54, 1.807) is 48.5 Å². The van der Waals surface area contributed by atoms with Gasteiger partial charge >= 0.3 is 5.97 Å². The lowest BCUT2D eigenvalue weighted by atomic mass is 10.0. The third-order valence-electron chi connectivity index (χ3n) is 6.71. The molecular weight excluding hydrogens is 623 g/mol. The number of hydrogen-bond donors (Lipinski definition) is 1. The first-order chi connectivity index (χ1) is 20.1. The van der Waals surface area contributed by atoms with Crippen LogP contribution in [0.5, 0.6) is 5.75 Å². The first kappa shape index (κ1) is 30.0. The van der Waals surface area contributed by atoms with Crippen LogP contribution < -0.4 is 10.1 Å². The average molecular weight is 648 g/mol. The summed E-state index contributed by atoms with van der Waals surface area (Å²) in [5.41, 5.74) is 1.01. The lowest BCUT2D eigenvalue weighted by molar-refractivity contribution is -0.153. The van der Waals surface area contributed by atoms with Crippen molar-refractivity contribution in [1.29, 1.82) is 0 Å². The first-order valence-corrected chi connectivity index (χ1v) is 15.9. The highest BCUT2D eigenvalue weighted by atomic mass is 35.5. The Morgan fingerprint density at radius 3 is 2.38 bits per heavy atom.